The largest absolute Gasteiger partial charge is 0.460 e. The molecule has 0 saturated heterocycles. The Bertz CT molecular complexity index is 871. The lowest BCUT2D eigenvalue weighted by Crippen LogP contribution is -2.76. The Hall–Kier alpha value is -0.780. The van der Waals surface area contributed by atoms with E-state index in [1.165, 1.54) is 0 Å². The van der Waals surface area contributed by atoms with Crippen molar-refractivity contribution in [3.05, 3.63) is 0 Å². The maximum absolute atomic E-state index is 13.6. The molecule has 0 fully saturated rings. The highest BCUT2D eigenvalue weighted by molar-refractivity contribution is 7.63. The number of nitrogens with zero attached hydrogens (tertiary/aromatic N) is 2. The van der Waals surface area contributed by atoms with Crippen LogP contribution in [0.1, 0.15) is 0 Å². The molecule has 1 aliphatic rings. The van der Waals surface area contributed by atoms with Crippen LogP contribution in [0, 0.1) is 0 Å². The van der Waals surface area contributed by atoms with Crippen LogP contribution in [0.15, 0.2) is 9.03 Å². The Kier molecular flexibility index (Phi) is 8.73. The highest BCUT2D eigenvalue weighted by atomic mass is 31.2. The van der Waals surface area contributed by atoms with Gasteiger partial charge in [-0.3, -0.25) is 0 Å². The first kappa shape index (κ1) is 33.2. The summed E-state index contributed by atoms with van der Waals surface area (Å²) in [6.07, 6.45) is -7.91. The van der Waals surface area contributed by atoms with Crippen LogP contribution in [0.4, 0.5) is 83.4 Å². The Morgan fingerprint density at radius 1 is 0.556 bits per heavy atom. The minimum absolute atomic E-state index is 0.225. The average Bonchev–Trinajstić information content (AvgIpc) is 2.71. The lowest BCUT2D eigenvalue weighted by molar-refractivity contribution is -0.469. The fourth-order valence-corrected chi connectivity index (χ4v) is 4.82. The zero-order valence-corrected chi connectivity index (χ0v) is 18.2. The second-order valence-electron chi connectivity index (χ2n) is 6.24. The lowest BCUT2D eigenvalue weighted by atomic mass is 9.87. The third kappa shape index (κ3) is 4.75. The summed E-state index contributed by atoms with van der Waals surface area (Å²) in [5, 5.41) is 0. The van der Waals surface area contributed by atoms with Crippen molar-refractivity contribution in [3.63, 3.8) is 0 Å². The van der Waals surface area contributed by atoms with Crippen LogP contribution in [-0.2, 0) is 4.52 Å². The van der Waals surface area contributed by atoms with Gasteiger partial charge in [-0.2, -0.15) is 97.3 Å². The molecule has 0 bridgehead atoms. The van der Waals surface area contributed by atoms with Crippen LogP contribution in [0.2, 0.25) is 0 Å². The molecular weight excluding hydrogens is 632 g/mol. The predicted octanol–water partition coefficient (Wildman–Crippen LogP) is 8.57. The maximum atomic E-state index is 13.6. The number of halogens is 19. The smallest absolute Gasteiger partial charge is 0.319 e. The molecule has 0 aromatic rings. The lowest BCUT2D eigenvalue weighted by Gasteiger charge is -2.43. The molecule has 0 amide bonds. The van der Waals surface area contributed by atoms with Gasteiger partial charge in [0.1, 0.15) is 15.1 Å². The van der Waals surface area contributed by atoms with Crippen molar-refractivity contribution in [1.82, 2.24) is 4.86 Å². The van der Waals surface area contributed by atoms with Crippen LogP contribution in [0.5, 0.6) is 0 Å². The fourth-order valence-electron chi connectivity index (χ4n) is 1.83. The number of nitrogens with one attached hydrogen (secondary N) is 1. The Balaban J connectivity index is 3.50. The normalized spacial score (nSPS) is 20.6. The topological polar surface area (TPSA) is 46.0 Å². The van der Waals surface area contributed by atoms with E-state index in [-0.39, 0.29) is 17.0 Å². The maximum Gasteiger partial charge on any atom is 0.460 e. The Morgan fingerprint density at radius 3 is 1.25 bits per heavy atom. The molecule has 0 aromatic carbocycles. The van der Waals surface area contributed by atoms with E-state index in [0.717, 1.165) is 0 Å². The Labute approximate surface area is 188 Å². The molecule has 0 aliphatic carbocycles. The summed E-state index contributed by atoms with van der Waals surface area (Å²) in [5.74, 6) is -66.8. The van der Waals surface area contributed by atoms with Gasteiger partial charge in [0, 0.05) is 0 Å². The van der Waals surface area contributed by atoms with E-state index >= 15 is 0 Å². The van der Waals surface area contributed by atoms with Gasteiger partial charge in [-0.15, -0.1) is 0 Å². The van der Waals surface area contributed by atoms with Crippen molar-refractivity contribution >= 4 is 25.5 Å². The van der Waals surface area contributed by atoms with E-state index in [1.807, 2.05) is 4.86 Å². The quantitative estimate of drug-likeness (QED) is 0.193. The van der Waals surface area contributed by atoms with Crippen LogP contribution in [-0.4, -0.2) is 60.2 Å². The minimum Gasteiger partial charge on any atom is -0.319 e. The summed E-state index contributed by atoms with van der Waals surface area (Å²) in [5.41, 5.74) is 0. The zero-order valence-electron chi connectivity index (χ0n) is 15.5. The summed E-state index contributed by atoms with van der Waals surface area (Å²) in [4.78, 5) is 1.89. The molecular formula is C10H3F19N3OP3. The van der Waals surface area contributed by atoms with E-state index in [1.54, 1.807) is 0 Å². The van der Waals surface area contributed by atoms with Gasteiger partial charge < -0.3 is 4.52 Å². The monoisotopic (exact) mass is 635 g/mol. The minimum atomic E-state index is -8.94. The van der Waals surface area contributed by atoms with Gasteiger partial charge >= 0.3 is 53.6 Å². The molecule has 1 atom stereocenters. The Morgan fingerprint density at radius 2 is 0.917 bits per heavy atom. The predicted molar refractivity (Wildman–Crippen MR) is 80.3 cm³/mol. The summed E-state index contributed by atoms with van der Waals surface area (Å²) in [6.45, 7) is -3.08. The van der Waals surface area contributed by atoms with Crippen molar-refractivity contribution in [2.75, 3.05) is 6.61 Å². The number of hydrogen-bond donors (Lipinski definition) is 1. The molecule has 1 aliphatic heterocycles. The molecule has 1 N–H and O–H groups in total. The van der Waals surface area contributed by atoms with E-state index in [2.05, 4.69) is 13.6 Å². The second-order valence-corrected chi connectivity index (χ2v) is 9.65. The zero-order chi connectivity index (χ0) is 29.0. The van der Waals surface area contributed by atoms with Gasteiger partial charge in [0.25, 0.3) is 0 Å². The van der Waals surface area contributed by atoms with Crippen molar-refractivity contribution in [2.45, 2.75) is 53.6 Å². The van der Waals surface area contributed by atoms with E-state index in [9.17, 15) is 83.4 Å². The van der Waals surface area contributed by atoms with Crippen LogP contribution in [0.3, 0.4) is 0 Å². The highest BCUT2D eigenvalue weighted by Crippen LogP contribution is 2.65. The van der Waals surface area contributed by atoms with Crippen LogP contribution in [0.25, 0.3) is 0 Å². The molecule has 1 rings (SSSR count). The van der Waals surface area contributed by atoms with Gasteiger partial charge in [0.2, 0.25) is 8.45 Å². The standard InChI is InChI=1S/C10H3F19N3OP3/c11-2(12,1-33-36-31-34-30-35-32-36)3(13,14)4(15,16)5(17,18)6(19,20)7(21,22)8(23,24)9(25,26)10(27,28)29/h1H2,(H,30,31,32). The first-order valence-electron chi connectivity index (χ1n) is 7.66. The van der Waals surface area contributed by atoms with Crippen molar-refractivity contribution in [2.24, 2.45) is 9.03 Å². The third-order valence-corrected chi connectivity index (χ3v) is 6.95. The number of hydrogen-bond acceptors (Lipinski definition) is 4. The molecule has 0 radical (unpaired) electrons. The number of rotatable bonds is 10. The highest BCUT2D eigenvalue weighted by Gasteiger charge is 2.96. The van der Waals surface area contributed by atoms with Crippen molar-refractivity contribution < 1.29 is 87.9 Å². The third-order valence-electron chi connectivity index (χ3n) is 3.89. The van der Waals surface area contributed by atoms with Gasteiger partial charge in [0.15, 0.2) is 8.52 Å². The molecule has 36 heavy (non-hydrogen) atoms. The van der Waals surface area contributed by atoms with Gasteiger partial charge in [-0.1, -0.05) is 0 Å². The van der Waals surface area contributed by atoms with Crippen LogP contribution < -0.4 is 4.86 Å². The van der Waals surface area contributed by atoms with Crippen molar-refractivity contribution in [1.29, 1.82) is 0 Å². The van der Waals surface area contributed by atoms with E-state index < -0.39 is 68.6 Å². The molecule has 0 aromatic heterocycles. The first-order chi connectivity index (χ1) is 15.6. The van der Waals surface area contributed by atoms with Gasteiger partial charge in [-0.25, -0.2) is 0 Å². The SMILES string of the molecule is FC(F)(F)C(F)(F)C(F)(F)C(F)(F)C(F)(F)C(F)(F)C(F)(F)C(F)(F)C(F)(F)COP1N=PN=PN1. The van der Waals surface area contributed by atoms with Crippen LogP contribution >= 0.6 is 25.5 Å². The van der Waals surface area contributed by atoms with Crippen molar-refractivity contribution in [3.8, 4) is 0 Å². The summed E-state index contributed by atoms with van der Waals surface area (Å²) in [7, 11) is -3.32. The first-order valence-corrected chi connectivity index (χ1v) is 10.5. The summed E-state index contributed by atoms with van der Waals surface area (Å²) < 4.78 is 260. The summed E-state index contributed by atoms with van der Waals surface area (Å²) >= 11 is 0. The van der Waals surface area contributed by atoms with Gasteiger partial charge in [0.05, 0.1) is 0 Å². The molecule has 0 spiro atoms. The molecule has 212 valence electrons. The molecule has 26 heteroatoms. The molecule has 1 heterocycles. The molecule has 1 unspecified atom stereocenters. The molecule has 4 nitrogen and oxygen atoms in total. The van der Waals surface area contributed by atoms with Gasteiger partial charge in [-0.05, 0) is 0 Å². The summed E-state index contributed by atoms with van der Waals surface area (Å²) in [6, 6.07) is 0. The second kappa shape index (κ2) is 9.45. The number of alkyl halides is 19. The van der Waals surface area contributed by atoms with E-state index in [4.69, 9.17) is 0 Å². The average molecular weight is 635 g/mol. The van der Waals surface area contributed by atoms with E-state index in [0.29, 0.717) is 0 Å². The fraction of sp³-hybridized carbons (Fsp3) is 1.00. The molecule has 0 saturated carbocycles.